The van der Waals surface area contributed by atoms with E-state index in [2.05, 4.69) is 10.1 Å². The summed E-state index contributed by atoms with van der Waals surface area (Å²) in [6.45, 7) is 5.21. The quantitative estimate of drug-likeness (QED) is 0.845. The molecule has 0 unspecified atom stereocenters. The van der Waals surface area contributed by atoms with Crippen LogP contribution in [0.5, 0.6) is 0 Å². The van der Waals surface area contributed by atoms with Crippen molar-refractivity contribution in [3.05, 3.63) is 24.2 Å². The minimum atomic E-state index is -0.910. The van der Waals surface area contributed by atoms with E-state index < -0.39 is 10.7 Å². The third-order valence-corrected chi connectivity index (χ3v) is 3.54. The van der Waals surface area contributed by atoms with Crippen molar-refractivity contribution in [3.8, 4) is 0 Å². The zero-order chi connectivity index (χ0) is 12.6. The van der Waals surface area contributed by atoms with Crippen LogP contribution in [0, 0.1) is 6.92 Å². The number of hydrogen-bond acceptors (Lipinski definition) is 4. The van der Waals surface area contributed by atoms with Crippen molar-refractivity contribution in [1.82, 2.24) is 14.6 Å². The topological polar surface area (TPSA) is 67.5 Å². The summed E-state index contributed by atoms with van der Waals surface area (Å²) in [6, 6.07) is 1.90. The van der Waals surface area contributed by atoms with Crippen LogP contribution in [0.1, 0.15) is 19.5 Å². The van der Waals surface area contributed by atoms with E-state index in [0.29, 0.717) is 5.03 Å². The van der Waals surface area contributed by atoms with Crippen LogP contribution in [0.4, 0.5) is 0 Å². The molecule has 2 heterocycles. The average molecular weight is 251 g/mol. The van der Waals surface area contributed by atoms with Gasteiger partial charge in [-0.3, -0.25) is 4.79 Å². The van der Waals surface area contributed by atoms with E-state index in [1.165, 1.54) is 11.8 Å². The molecule has 0 aliphatic heterocycles. The fourth-order valence-corrected chi connectivity index (χ4v) is 2.33. The summed E-state index contributed by atoms with van der Waals surface area (Å²) in [5.74, 6) is -0.859. The summed E-state index contributed by atoms with van der Waals surface area (Å²) in [5, 5.41) is 14.1. The number of carbonyl (C=O) groups is 1. The molecular formula is C11H13N3O2S. The molecule has 0 amide bonds. The first-order valence-corrected chi connectivity index (χ1v) is 5.95. The lowest BCUT2D eigenvalue weighted by Crippen LogP contribution is -2.27. The largest absolute Gasteiger partial charge is 0.480 e. The van der Waals surface area contributed by atoms with Gasteiger partial charge in [0.1, 0.15) is 9.77 Å². The Labute approximate surface area is 103 Å². The second-order valence-corrected chi connectivity index (χ2v) is 5.88. The van der Waals surface area contributed by atoms with Crippen molar-refractivity contribution in [2.75, 3.05) is 0 Å². The molecular weight excluding hydrogens is 238 g/mol. The molecule has 0 saturated carbocycles. The summed E-state index contributed by atoms with van der Waals surface area (Å²) in [5.41, 5.74) is 1.72. The van der Waals surface area contributed by atoms with Gasteiger partial charge in [-0.25, -0.2) is 9.50 Å². The molecule has 0 aliphatic rings. The molecule has 0 radical (unpaired) electrons. The third-order valence-electron chi connectivity index (χ3n) is 2.34. The molecule has 0 bridgehead atoms. The Morgan fingerprint density at radius 1 is 1.53 bits per heavy atom. The zero-order valence-corrected chi connectivity index (χ0v) is 10.7. The first-order valence-electron chi connectivity index (χ1n) is 5.13. The summed E-state index contributed by atoms with van der Waals surface area (Å²) in [7, 11) is 0. The lowest BCUT2D eigenvalue weighted by atomic mass is 10.2. The van der Waals surface area contributed by atoms with E-state index in [1.807, 2.05) is 13.0 Å². The summed E-state index contributed by atoms with van der Waals surface area (Å²) < 4.78 is 0.801. The average Bonchev–Trinajstić information content (AvgIpc) is 2.59. The van der Waals surface area contributed by atoms with Gasteiger partial charge in [-0.1, -0.05) is 11.8 Å². The summed E-state index contributed by atoms with van der Waals surface area (Å²) in [6.07, 6.45) is 3.37. The van der Waals surface area contributed by atoms with Crippen molar-refractivity contribution < 1.29 is 9.90 Å². The van der Waals surface area contributed by atoms with Gasteiger partial charge in [0, 0.05) is 12.4 Å². The zero-order valence-electron chi connectivity index (χ0n) is 9.84. The Morgan fingerprint density at radius 2 is 2.24 bits per heavy atom. The number of fused-ring (bicyclic) bond motifs is 1. The molecule has 5 nitrogen and oxygen atoms in total. The Bertz CT molecular complexity index is 577. The van der Waals surface area contributed by atoms with E-state index in [0.717, 1.165) is 11.2 Å². The molecule has 0 atom stereocenters. The number of carboxylic acid groups (broad SMARTS) is 1. The second kappa shape index (κ2) is 4.03. The third kappa shape index (κ3) is 2.26. The van der Waals surface area contributed by atoms with Gasteiger partial charge in [0.25, 0.3) is 0 Å². The van der Waals surface area contributed by atoms with Crippen LogP contribution < -0.4 is 0 Å². The lowest BCUT2D eigenvalue weighted by Gasteiger charge is -2.17. The highest BCUT2D eigenvalue weighted by molar-refractivity contribution is 8.01. The highest BCUT2D eigenvalue weighted by Gasteiger charge is 2.30. The van der Waals surface area contributed by atoms with Crippen molar-refractivity contribution in [2.45, 2.75) is 30.5 Å². The van der Waals surface area contributed by atoms with Crippen LogP contribution in [-0.4, -0.2) is 30.4 Å². The Kier molecular flexibility index (Phi) is 2.82. The van der Waals surface area contributed by atoms with E-state index in [4.69, 9.17) is 5.11 Å². The van der Waals surface area contributed by atoms with Crippen LogP contribution in [-0.2, 0) is 4.79 Å². The molecule has 2 aromatic heterocycles. The molecule has 1 N–H and O–H groups in total. The lowest BCUT2D eigenvalue weighted by molar-refractivity contribution is -0.138. The minimum Gasteiger partial charge on any atom is -0.480 e. The van der Waals surface area contributed by atoms with Gasteiger partial charge >= 0.3 is 5.97 Å². The normalized spacial score (nSPS) is 11.9. The maximum atomic E-state index is 11.1. The first-order chi connectivity index (χ1) is 7.90. The molecule has 17 heavy (non-hydrogen) atoms. The van der Waals surface area contributed by atoms with Crippen LogP contribution in [0.15, 0.2) is 23.5 Å². The number of aliphatic carboxylic acids is 1. The number of aromatic nitrogens is 3. The fourth-order valence-electron chi connectivity index (χ4n) is 1.38. The molecule has 0 spiro atoms. The fraction of sp³-hybridized carbons (Fsp3) is 0.364. The molecule has 0 saturated heterocycles. The van der Waals surface area contributed by atoms with Gasteiger partial charge in [-0.15, -0.1) is 0 Å². The van der Waals surface area contributed by atoms with E-state index >= 15 is 0 Å². The van der Waals surface area contributed by atoms with Crippen molar-refractivity contribution in [2.24, 2.45) is 0 Å². The maximum Gasteiger partial charge on any atom is 0.319 e. The predicted molar refractivity (Wildman–Crippen MR) is 65.3 cm³/mol. The Balaban J connectivity index is 2.46. The first kappa shape index (κ1) is 11.9. The highest BCUT2D eigenvalue weighted by Crippen LogP contribution is 2.33. The van der Waals surface area contributed by atoms with Crippen LogP contribution in [0.3, 0.4) is 0 Å². The Morgan fingerprint density at radius 3 is 2.88 bits per heavy atom. The maximum absolute atomic E-state index is 11.1. The monoisotopic (exact) mass is 251 g/mol. The number of thioether (sulfide) groups is 1. The van der Waals surface area contributed by atoms with Crippen LogP contribution in [0.2, 0.25) is 0 Å². The van der Waals surface area contributed by atoms with Crippen LogP contribution >= 0.6 is 11.8 Å². The van der Waals surface area contributed by atoms with Gasteiger partial charge in [-0.2, -0.15) is 5.10 Å². The van der Waals surface area contributed by atoms with E-state index in [9.17, 15) is 4.79 Å². The molecule has 2 aromatic rings. The van der Waals surface area contributed by atoms with Gasteiger partial charge in [0.2, 0.25) is 0 Å². The summed E-state index contributed by atoms with van der Waals surface area (Å²) >= 11 is 1.23. The minimum absolute atomic E-state index is 0.681. The standard InChI is InChI=1S/C11H13N3O2S/c1-7-6-8-9(12-4-5-14(8)13-7)17-11(2,3)10(15)16/h4-6H,1-3H3,(H,15,16). The molecule has 2 rings (SSSR count). The number of rotatable bonds is 3. The smallest absolute Gasteiger partial charge is 0.319 e. The second-order valence-electron chi connectivity index (χ2n) is 4.27. The van der Waals surface area contributed by atoms with Gasteiger partial charge in [0.05, 0.1) is 11.2 Å². The van der Waals surface area contributed by atoms with Crippen molar-refractivity contribution in [3.63, 3.8) is 0 Å². The molecule has 0 fully saturated rings. The van der Waals surface area contributed by atoms with Gasteiger partial charge < -0.3 is 5.11 Å². The van der Waals surface area contributed by atoms with E-state index in [1.54, 1.807) is 30.8 Å². The van der Waals surface area contributed by atoms with E-state index in [-0.39, 0.29) is 0 Å². The number of aryl methyl sites for hydroxylation is 1. The number of carboxylic acids is 1. The highest BCUT2D eigenvalue weighted by atomic mass is 32.2. The van der Waals surface area contributed by atoms with Crippen LogP contribution in [0.25, 0.3) is 5.52 Å². The molecule has 0 aliphatic carbocycles. The van der Waals surface area contributed by atoms with Gasteiger partial charge in [-0.05, 0) is 26.8 Å². The Hall–Kier alpha value is -1.56. The number of hydrogen-bond donors (Lipinski definition) is 1. The SMILES string of the molecule is Cc1cc2c(SC(C)(C)C(=O)O)nccn2n1. The summed E-state index contributed by atoms with van der Waals surface area (Å²) in [4.78, 5) is 15.3. The van der Waals surface area contributed by atoms with Crippen molar-refractivity contribution >= 4 is 23.2 Å². The van der Waals surface area contributed by atoms with Crippen molar-refractivity contribution in [1.29, 1.82) is 0 Å². The molecule has 90 valence electrons. The molecule has 6 heteroatoms. The predicted octanol–water partition coefficient (Wildman–Crippen LogP) is 1.99. The van der Waals surface area contributed by atoms with Gasteiger partial charge in [0.15, 0.2) is 0 Å². The number of nitrogens with zero attached hydrogens (tertiary/aromatic N) is 3. The molecule has 0 aromatic carbocycles.